The highest BCUT2D eigenvalue weighted by molar-refractivity contribution is 6.01. The van der Waals surface area contributed by atoms with Crippen LogP contribution >= 0.6 is 0 Å². The van der Waals surface area contributed by atoms with E-state index in [1.54, 1.807) is 6.92 Å². The number of fused-ring (bicyclic) bond motifs is 1. The number of hydrogen-bond acceptors (Lipinski definition) is 3. The van der Waals surface area contributed by atoms with Gasteiger partial charge in [0.2, 0.25) is 0 Å². The van der Waals surface area contributed by atoms with Gasteiger partial charge in [0.15, 0.2) is 0 Å². The van der Waals surface area contributed by atoms with Crippen molar-refractivity contribution < 1.29 is 14.3 Å². The van der Waals surface area contributed by atoms with Gasteiger partial charge in [-0.2, -0.15) is 0 Å². The number of para-hydroxylation sites is 1. The molecule has 0 aliphatic heterocycles. The van der Waals surface area contributed by atoms with Crippen LogP contribution in [0.4, 0.5) is 0 Å². The number of amides is 1. The van der Waals surface area contributed by atoms with Crippen molar-refractivity contribution in [1.82, 2.24) is 14.9 Å². The summed E-state index contributed by atoms with van der Waals surface area (Å²) in [6, 6.07) is 18.0. The third-order valence-corrected chi connectivity index (χ3v) is 6.00. The van der Waals surface area contributed by atoms with Crippen molar-refractivity contribution >= 4 is 22.8 Å². The number of nitrogens with one attached hydrogen (secondary N) is 2. The van der Waals surface area contributed by atoms with Crippen LogP contribution in [0.1, 0.15) is 50.2 Å². The molecule has 0 bridgehead atoms. The van der Waals surface area contributed by atoms with Crippen molar-refractivity contribution in [3.63, 3.8) is 0 Å². The quantitative estimate of drug-likeness (QED) is 0.385. The van der Waals surface area contributed by atoms with Crippen LogP contribution in [0.3, 0.4) is 0 Å². The lowest BCUT2D eigenvalue weighted by Gasteiger charge is -2.12. The lowest BCUT2D eigenvalue weighted by atomic mass is 10.1. The Balaban J connectivity index is 1.57. The van der Waals surface area contributed by atoms with Gasteiger partial charge in [0.05, 0.1) is 12.2 Å². The average molecular weight is 444 g/mol. The number of aromatic amines is 1. The lowest BCUT2D eigenvalue weighted by Crippen LogP contribution is -2.26. The summed E-state index contributed by atoms with van der Waals surface area (Å²) < 4.78 is 7.20. The minimum atomic E-state index is -0.410. The van der Waals surface area contributed by atoms with Gasteiger partial charge in [0.1, 0.15) is 5.69 Å². The predicted octanol–water partition coefficient (Wildman–Crippen LogP) is 4.78. The Morgan fingerprint density at radius 3 is 2.52 bits per heavy atom. The molecule has 2 N–H and O–H groups in total. The van der Waals surface area contributed by atoms with Gasteiger partial charge in [-0.25, -0.2) is 4.79 Å². The van der Waals surface area contributed by atoms with Crippen LogP contribution in [0.25, 0.3) is 10.9 Å². The lowest BCUT2D eigenvalue weighted by molar-refractivity contribution is 0.0513. The second-order valence-corrected chi connectivity index (χ2v) is 8.09. The zero-order valence-corrected chi connectivity index (χ0v) is 19.3. The molecule has 1 amide bonds. The second kappa shape index (κ2) is 9.77. The topological polar surface area (TPSA) is 76.1 Å². The van der Waals surface area contributed by atoms with E-state index in [-0.39, 0.29) is 12.5 Å². The molecule has 6 nitrogen and oxygen atoms in total. The molecular weight excluding hydrogens is 414 g/mol. The van der Waals surface area contributed by atoms with Crippen LogP contribution in [0.5, 0.6) is 0 Å². The fourth-order valence-corrected chi connectivity index (χ4v) is 4.39. The molecule has 0 atom stereocenters. The molecule has 0 spiro atoms. The molecule has 0 fully saturated rings. The van der Waals surface area contributed by atoms with Crippen LogP contribution in [0, 0.1) is 13.8 Å². The smallest absolute Gasteiger partial charge is 0.355 e. The van der Waals surface area contributed by atoms with Gasteiger partial charge < -0.3 is 19.6 Å². The van der Waals surface area contributed by atoms with Gasteiger partial charge in [-0.1, -0.05) is 48.5 Å². The van der Waals surface area contributed by atoms with E-state index in [1.165, 1.54) is 0 Å². The Bertz CT molecular complexity index is 1280. The van der Waals surface area contributed by atoms with Gasteiger partial charge in [-0.05, 0) is 49.9 Å². The fourth-order valence-electron chi connectivity index (χ4n) is 4.39. The molecule has 0 radical (unpaired) electrons. The summed E-state index contributed by atoms with van der Waals surface area (Å²) in [6.45, 7) is 6.74. The molecule has 33 heavy (non-hydrogen) atoms. The van der Waals surface area contributed by atoms with Gasteiger partial charge in [0.25, 0.3) is 5.91 Å². The number of esters is 1. The SMILES string of the molecule is CCOC(=O)c1c(C)c(C(=O)NCCc2c[nH]c3ccccc23)c(C)n1Cc1ccccc1. The average Bonchev–Trinajstić information content (AvgIpc) is 3.33. The van der Waals surface area contributed by atoms with E-state index in [9.17, 15) is 9.59 Å². The summed E-state index contributed by atoms with van der Waals surface area (Å²) in [6.07, 6.45) is 2.70. The predicted molar refractivity (Wildman–Crippen MR) is 130 cm³/mol. The molecule has 0 saturated heterocycles. The van der Waals surface area contributed by atoms with Crippen LogP contribution in [-0.4, -0.2) is 34.6 Å². The van der Waals surface area contributed by atoms with E-state index in [4.69, 9.17) is 4.74 Å². The number of benzene rings is 2. The highest BCUT2D eigenvalue weighted by atomic mass is 16.5. The van der Waals surface area contributed by atoms with Gasteiger partial charge in [0, 0.05) is 35.9 Å². The molecule has 0 aliphatic rings. The third kappa shape index (κ3) is 4.55. The Labute approximate surface area is 193 Å². The fraction of sp³-hybridized carbons (Fsp3) is 0.259. The van der Waals surface area contributed by atoms with Crippen molar-refractivity contribution in [1.29, 1.82) is 0 Å². The zero-order valence-electron chi connectivity index (χ0n) is 19.3. The van der Waals surface area contributed by atoms with Crippen molar-refractivity contribution in [2.24, 2.45) is 0 Å². The van der Waals surface area contributed by atoms with Crippen molar-refractivity contribution in [2.75, 3.05) is 13.2 Å². The van der Waals surface area contributed by atoms with Gasteiger partial charge in [-0.15, -0.1) is 0 Å². The maximum absolute atomic E-state index is 13.2. The van der Waals surface area contributed by atoms with E-state index in [1.807, 2.05) is 73.1 Å². The first-order chi connectivity index (χ1) is 16.0. The van der Waals surface area contributed by atoms with Gasteiger partial charge >= 0.3 is 5.97 Å². The number of carbonyl (C=O) groups excluding carboxylic acids is 2. The molecule has 0 aliphatic carbocycles. The molecule has 0 saturated carbocycles. The number of carbonyl (C=O) groups is 2. The number of nitrogens with zero attached hydrogens (tertiary/aromatic N) is 1. The molecule has 4 rings (SSSR count). The first-order valence-electron chi connectivity index (χ1n) is 11.2. The highest BCUT2D eigenvalue weighted by Crippen LogP contribution is 2.25. The van der Waals surface area contributed by atoms with E-state index in [2.05, 4.69) is 16.4 Å². The third-order valence-electron chi connectivity index (χ3n) is 6.00. The summed E-state index contributed by atoms with van der Waals surface area (Å²) >= 11 is 0. The highest BCUT2D eigenvalue weighted by Gasteiger charge is 2.27. The van der Waals surface area contributed by atoms with Gasteiger partial charge in [-0.3, -0.25) is 4.79 Å². The molecule has 6 heteroatoms. The largest absolute Gasteiger partial charge is 0.461 e. The standard InChI is InChI=1S/C27H29N3O3/c1-4-33-27(32)25-18(2)24(19(3)30(25)17-20-10-6-5-7-11-20)26(31)28-15-14-21-16-29-23-13-9-8-12-22(21)23/h5-13,16,29H,4,14-15,17H2,1-3H3,(H,28,31). The number of hydrogen-bond donors (Lipinski definition) is 2. The summed E-state index contributed by atoms with van der Waals surface area (Å²) in [7, 11) is 0. The number of rotatable bonds is 8. The Morgan fingerprint density at radius 1 is 1.03 bits per heavy atom. The number of H-pyrrole nitrogens is 1. The van der Waals surface area contributed by atoms with E-state index < -0.39 is 5.97 Å². The Hall–Kier alpha value is -3.80. The van der Waals surface area contributed by atoms with Crippen molar-refractivity contribution in [3.05, 3.63) is 94.4 Å². The summed E-state index contributed by atoms with van der Waals surface area (Å²) in [5.41, 5.74) is 5.66. The molecule has 4 aromatic rings. The maximum Gasteiger partial charge on any atom is 0.355 e. The molecule has 2 aromatic heterocycles. The zero-order chi connectivity index (χ0) is 23.4. The molecule has 2 aromatic carbocycles. The number of aromatic nitrogens is 2. The van der Waals surface area contributed by atoms with E-state index >= 15 is 0 Å². The minimum Gasteiger partial charge on any atom is -0.461 e. The first-order valence-corrected chi connectivity index (χ1v) is 11.2. The second-order valence-electron chi connectivity index (χ2n) is 8.09. The van der Waals surface area contributed by atoms with Crippen LogP contribution in [0.15, 0.2) is 60.8 Å². The van der Waals surface area contributed by atoms with Crippen LogP contribution in [-0.2, 0) is 17.7 Å². The van der Waals surface area contributed by atoms with E-state index in [0.29, 0.717) is 36.3 Å². The molecule has 2 heterocycles. The maximum atomic E-state index is 13.2. The Kier molecular flexibility index (Phi) is 6.63. The molecule has 170 valence electrons. The van der Waals surface area contributed by atoms with Crippen LogP contribution < -0.4 is 5.32 Å². The van der Waals surface area contributed by atoms with Crippen LogP contribution in [0.2, 0.25) is 0 Å². The summed E-state index contributed by atoms with van der Waals surface area (Å²) in [5.74, 6) is -0.589. The summed E-state index contributed by atoms with van der Waals surface area (Å²) in [5, 5.41) is 4.21. The normalized spacial score (nSPS) is 11.0. The minimum absolute atomic E-state index is 0.179. The monoisotopic (exact) mass is 443 g/mol. The van der Waals surface area contributed by atoms with Crippen molar-refractivity contribution in [3.8, 4) is 0 Å². The van der Waals surface area contributed by atoms with E-state index in [0.717, 1.165) is 27.7 Å². The first kappa shape index (κ1) is 22.4. The van der Waals surface area contributed by atoms with Crippen molar-refractivity contribution in [2.45, 2.75) is 33.7 Å². The number of ether oxygens (including phenoxy) is 1. The molecular formula is C27H29N3O3. The molecule has 0 unspecified atom stereocenters. The Morgan fingerprint density at radius 2 is 1.76 bits per heavy atom. The summed E-state index contributed by atoms with van der Waals surface area (Å²) in [4.78, 5) is 29.2.